The van der Waals surface area contributed by atoms with E-state index in [9.17, 15) is 9.59 Å². The van der Waals surface area contributed by atoms with Crippen LogP contribution in [0.1, 0.15) is 41.5 Å². The molecule has 1 fully saturated rings. The van der Waals surface area contributed by atoms with E-state index in [2.05, 4.69) is 18.7 Å². The molecule has 0 aromatic carbocycles. The zero-order chi connectivity index (χ0) is 14.3. The summed E-state index contributed by atoms with van der Waals surface area (Å²) in [6, 6.07) is 0.512. The van der Waals surface area contributed by atoms with E-state index >= 15 is 0 Å². The van der Waals surface area contributed by atoms with Crippen molar-refractivity contribution in [1.29, 1.82) is 0 Å². The Balaban J connectivity index is 0.00000137. The Morgan fingerprint density at radius 3 is 1.67 bits per heavy atom. The van der Waals surface area contributed by atoms with Crippen molar-refractivity contribution in [3.63, 3.8) is 0 Å². The number of ketones is 1. The van der Waals surface area contributed by atoms with Gasteiger partial charge in [0.25, 0.3) is 5.91 Å². The fourth-order valence-corrected chi connectivity index (χ4v) is 1.84. The van der Waals surface area contributed by atoms with Gasteiger partial charge < -0.3 is 4.90 Å². The Morgan fingerprint density at radius 2 is 1.33 bits per heavy atom. The van der Waals surface area contributed by atoms with Gasteiger partial charge in [-0.3, -0.25) is 14.5 Å². The van der Waals surface area contributed by atoms with Crippen molar-refractivity contribution in [3.05, 3.63) is 0 Å². The van der Waals surface area contributed by atoms with Crippen molar-refractivity contribution in [1.82, 2.24) is 9.80 Å². The van der Waals surface area contributed by atoms with Crippen LogP contribution in [0, 0.1) is 5.92 Å². The van der Waals surface area contributed by atoms with Crippen molar-refractivity contribution < 1.29 is 9.59 Å². The molecule has 1 rings (SSSR count). The van der Waals surface area contributed by atoms with Crippen molar-refractivity contribution in [2.45, 2.75) is 47.6 Å². The highest BCUT2D eigenvalue weighted by molar-refractivity contribution is 6.36. The quantitative estimate of drug-likeness (QED) is 0.723. The van der Waals surface area contributed by atoms with E-state index in [1.165, 1.54) is 0 Å². The van der Waals surface area contributed by atoms with Crippen LogP contribution in [0.3, 0.4) is 0 Å². The summed E-state index contributed by atoms with van der Waals surface area (Å²) in [6.07, 6.45) is 0. The Bertz CT molecular complexity index is 267. The summed E-state index contributed by atoms with van der Waals surface area (Å²) in [5.41, 5.74) is 0. The minimum Gasteiger partial charge on any atom is -0.334 e. The second-order valence-corrected chi connectivity index (χ2v) is 4.94. The third-order valence-corrected chi connectivity index (χ3v) is 3.07. The Hall–Kier alpha value is -0.900. The van der Waals surface area contributed by atoms with Gasteiger partial charge in [-0.1, -0.05) is 27.7 Å². The molecule has 1 heterocycles. The lowest BCUT2D eigenvalue weighted by Gasteiger charge is -2.36. The van der Waals surface area contributed by atoms with Crippen LogP contribution in [0.25, 0.3) is 0 Å². The Morgan fingerprint density at radius 1 is 0.889 bits per heavy atom. The standard InChI is InChI=1S/C12H22N2O2.C2H6/c1-9(2)11(15)12(16)14-7-5-13(6-8-14)10(3)4;1-2/h9-10H,5-8H2,1-4H3;1-2H3. The zero-order valence-corrected chi connectivity index (χ0v) is 12.7. The highest BCUT2D eigenvalue weighted by Crippen LogP contribution is 2.08. The van der Waals surface area contributed by atoms with E-state index in [1.807, 2.05) is 13.8 Å². The van der Waals surface area contributed by atoms with Gasteiger partial charge in [0, 0.05) is 38.1 Å². The number of carbonyl (C=O) groups excluding carboxylic acids is 2. The molecule has 1 aliphatic rings. The fourth-order valence-electron chi connectivity index (χ4n) is 1.84. The molecule has 0 spiro atoms. The molecule has 1 saturated heterocycles. The average Bonchev–Trinajstić information content (AvgIpc) is 2.39. The normalized spacial score (nSPS) is 16.6. The zero-order valence-electron chi connectivity index (χ0n) is 12.7. The number of amides is 1. The summed E-state index contributed by atoms with van der Waals surface area (Å²) in [7, 11) is 0. The molecule has 1 amide bonds. The van der Waals surface area contributed by atoms with Crippen LogP contribution in [0.5, 0.6) is 0 Å². The molecule has 0 unspecified atom stereocenters. The summed E-state index contributed by atoms with van der Waals surface area (Å²) in [6.45, 7) is 14.9. The minimum atomic E-state index is -0.307. The second-order valence-electron chi connectivity index (χ2n) is 4.94. The smallest absolute Gasteiger partial charge is 0.290 e. The molecular weight excluding hydrogens is 228 g/mol. The lowest BCUT2D eigenvalue weighted by Crippen LogP contribution is -2.52. The molecule has 0 aliphatic carbocycles. The first-order valence-electron chi connectivity index (χ1n) is 7.00. The highest BCUT2D eigenvalue weighted by Gasteiger charge is 2.27. The molecule has 0 atom stereocenters. The van der Waals surface area contributed by atoms with Gasteiger partial charge in [0.15, 0.2) is 0 Å². The lowest BCUT2D eigenvalue weighted by atomic mass is 10.1. The van der Waals surface area contributed by atoms with Gasteiger partial charge in [0.2, 0.25) is 5.78 Å². The van der Waals surface area contributed by atoms with Gasteiger partial charge in [-0.15, -0.1) is 0 Å². The van der Waals surface area contributed by atoms with E-state index in [1.54, 1.807) is 18.7 Å². The maximum atomic E-state index is 11.8. The van der Waals surface area contributed by atoms with Gasteiger partial charge in [0.05, 0.1) is 0 Å². The average molecular weight is 256 g/mol. The van der Waals surface area contributed by atoms with Crippen LogP contribution in [0.15, 0.2) is 0 Å². The van der Waals surface area contributed by atoms with Crippen molar-refractivity contribution >= 4 is 11.7 Å². The highest BCUT2D eigenvalue weighted by atomic mass is 16.2. The first kappa shape index (κ1) is 17.1. The summed E-state index contributed by atoms with van der Waals surface area (Å²) in [5.74, 6) is -0.771. The minimum absolute atomic E-state index is 0.198. The van der Waals surface area contributed by atoms with Crippen LogP contribution >= 0.6 is 0 Å². The van der Waals surface area contributed by atoms with Crippen LogP contribution in [0.4, 0.5) is 0 Å². The van der Waals surface area contributed by atoms with Crippen LogP contribution in [-0.2, 0) is 9.59 Å². The van der Waals surface area contributed by atoms with Gasteiger partial charge in [-0.2, -0.15) is 0 Å². The second kappa shape index (κ2) is 8.25. The lowest BCUT2D eigenvalue weighted by molar-refractivity contribution is -0.147. The third-order valence-electron chi connectivity index (χ3n) is 3.07. The Labute approximate surface area is 111 Å². The number of hydrogen-bond acceptors (Lipinski definition) is 3. The topological polar surface area (TPSA) is 40.6 Å². The van der Waals surface area contributed by atoms with E-state index < -0.39 is 0 Å². The number of carbonyl (C=O) groups is 2. The summed E-state index contributed by atoms with van der Waals surface area (Å²) in [4.78, 5) is 27.3. The molecule has 4 heteroatoms. The number of Topliss-reactive ketones (excluding diaryl/α,β-unsaturated/α-hetero) is 1. The van der Waals surface area contributed by atoms with Gasteiger partial charge in [-0.05, 0) is 13.8 Å². The molecule has 0 aromatic rings. The first-order chi connectivity index (χ1) is 8.43. The summed E-state index contributed by atoms with van der Waals surface area (Å²) >= 11 is 0. The number of nitrogens with zero attached hydrogens (tertiary/aromatic N) is 2. The van der Waals surface area contributed by atoms with Crippen LogP contribution < -0.4 is 0 Å². The van der Waals surface area contributed by atoms with Gasteiger partial charge in [0.1, 0.15) is 0 Å². The fraction of sp³-hybridized carbons (Fsp3) is 0.857. The van der Waals surface area contributed by atoms with Crippen molar-refractivity contribution in [3.8, 4) is 0 Å². The van der Waals surface area contributed by atoms with Crippen molar-refractivity contribution in [2.75, 3.05) is 26.2 Å². The SMILES string of the molecule is CC.CC(C)C(=O)C(=O)N1CCN(C(C)C)CC1. The molecule has 0 aromatic heterocycles. The van der Waals surface area contributed by atoms with Crippen LogP contribution in [0.2, 0.25) is 0 Å². The monoisotopic (exact) mass is 256 g/mol. The van der Waals surface area contributed by atoms with Crippen molar-refractivity contribution in [2.24, 2.45) is 5.92 Å². The number of hydrogen-bond donors (Lipinski definition) is 0. The Kier molecular flexibility index (Phi) is 7.83. The molecule has 4 nitrogen and oxygen atoms in total. The molecule has 18 heavy (non-hydrogen) atoms. The number of rotatable bonds is 3. The van der Waals surface area contributed by atoms with E-state index in [0.29, 0.717) is 19.1 Å². The van der Waals surface area contributed by atoms with E-state index in [0.717, 1.165) is 13.1 Å². The molecular formula is C14H28N2O2. The predicted octanol–water partition coefficient (Wildman–Crippen LogP) is 1.79. The molecule has 0 bridgehead atoms. The van der Waals surface area contributed by atoms with E-state index in [-0.39, 0.29) is 17.6 Å². The molecule has 0 saturated carbocycles. The van der Waals surface area contributed by atoms with Gasteiger partial charge >= 0.3 is 0 Å². The largest absolute Gasteiger partial charge is 0.334 e. The predicted molar refractivity (Wildman–Crippen MR) is 74.5 cm³/mol. The summed E-state index contributed by atoms with van der Waals surface area (Å²) < 4.78 is 0. The maximum absolute atomic E-state index is 11.8. The molecule has 0 radical (unpaired) electrons. The molecule has 106 valence electrons. The molecule has 1 aliphatic heterocycles. The first-order valence-corrected chi connectivity index (χ1v) is 7.00. The number of piperazine rings is 1. The van der Waals surface area contributed by atoms with Gasteiger partial charge in [-0.25, -0.2) is 0 Å². The van der Waals surface area contributed by atoms with Crippen LogP contribution in [-0.4, -0.2) is 53.7 Å². The summed E-state index contributed by atoms with van der Waals surface area (Å²) in [5, 5.41) is 0. The third kappa shape index (κ3) is 4.77. The van der Waals surface area contributed by atoms with E-state index in [4.69, 9.17) is 0 Å². The molecule has 0 N–H and O–H groups in total. The maximum Gasteiger partial charge on any atom is 0.290 e.